The van der Waals surface area contributed by atoms with Gasteiger partial charge in [-0.1, -0.05) is 6.07 Å². The molecule has 0 amide bonds. The van der Waals surface area contributed by atoms with Gasteiger partial charge in [-0.05, 0) is 56.4 Å². The summed E-state index contributed by atoms with van der Waals surface area (Å²) in [4.78, 5) is 31.8. The summed E-state index contributed by atoms with van der Waals surface area (Å²) in [6, 6.07) is 7.37. The molecule has 1 fully saturated rings. The number of benzene rings is 1. The number of nitrogens with zero attached hydrogens (tertiary/aromatic N) is 2. The number of H-pyrrole nitrogens is 1. The molecule has 0 saturated heterocycles. The number of fused-ring (bicyclic) bond motifs is 1. The SMILES string of the molecule is COC[C@H](NCc1ccc2c(c1)nc(-c1c[nH]c(=O)c(C)c1)n2C)C(=O)OC1CCCC1. The predicted molar refractivity (Wildman–Crippen MR) is 122 cm³/mol. The Morgan fingerprint density at radius 2 is 2.09 bits per heavy atom. The minimum atomic E-state index is -0.514. The zero-order valence-corrected chi connectivity index (χ0v) is 18.8. The van der Waals surface area contributed by atoms with Crippen LogP contribution in [0.5, 0.6) is 0 Å². The Kier molecular flexibility index (Phi) is 6.72. The Labute approximate surface area is 187 Å². The summed E-state index contributed by atoms with van der Waals surface area (Å²) < 4.78 is 12.9. The van der Waals surface area contributed by atoms with E-state index in [2.05, 4.69) is 10.3 Å². The number of ether oxygens (including phenoxy) is 2. The summed E-state index contributed by atoms with van der Waals surface area (Å²) in [6.45, 7) is 2.53. The fourth-order valence-corrected chi connectivity index (χ4v) is 4.21. The molecular weight excluding hydrogens is 408 g/mol. The number of hydrogen-bond acceptors (Lipinski definition) is 6. The van der Waals surface area contributed by atoms with Crippen molar-refractivity contribution in [2.24, 2.45) is 7.05 Å². The van der Waals surface area contributed by atoms with Crippen LogP contribution in [-0.4, -0.2) is 46.4 Å². The molecule has 170 valence electrons. The molecule has 32 heavy (non-hydrogen) atoms. The minimum Gasteiger partial charge on any atom is -0.461 e. The van der Waals surface area contributed by atoms with Gasteiger partial charge in [0.15, 0.2) is 0 Å². The lowest BCUT2D eigenvalue weighted by molar-refractivity contribution is -0.152. The standard InChI is InChI=1S/C24H30N4O4/c1-15-10-17(13-26-23(15)29)22-27-19-11-16(8-9-21(19)28(22)2)12-25-20(14-31-3)24(30)32-18-6-4-5-7-18/h8-11,13,18,20,25H,4-7,12,14H2,1-3H3,(H,26,29)/t20-/m0/s1. The number of aromatic nitrogens is 3. The topological polar surface area (TPSA) is 98.2 Å². The maximum atomic E-state index is 12.6. The number of carbonyl (C=O) groups is 1. The van der Waals surface area contributed by atoms with E-state index < -0.39 is 6.04 Å². The summed E-state index contributed by atoms with van der Waals surface area (Å²) in [6.07, 6.45) is 5.83. The number of hydrogen-bond donors (Lipinski definition) is 2. The van der Waals surface area contributed by atoms with Gasteiger partial charge in [-0.15, -0.1) is 0 Å². The predicted octanol–water partition coefficient (Wildman–Crippen LogP) is 2.83. The lowest BCUT2D eigenvalue weighted by atomic mass is 10.2. The maximum absolute atomic E-state index is 12.6. The molecule has 2 heterocycles. The molecule has 0 radical (unpaired) electrons. The molecule has 8 nitrogen and oxygen atoms in total. The van der Waals surface area contributed by atoms with Crippen LogP contribution in [0, 0.1) is 6.92 Å². The number of pyridine rings is 1. The Morgan fingerprint density at radius 3 is 2.81 bits per heavy atom. The second-order valence-electron chi connectivity index (χ2n) is 8.45. The molecule has 1 aliphatic rings. The van der Waals surface area contributed by atoms with Gasteiger partial charge in [0, 0.05) is 38.0 Å². The van der Waals surface area contributed by atoms with Crippen molar-refractivity contribution in [3.63, 3.8) is 0 Å². The van der Waals surface area contributed by atoms with Crippen LogP contribution in [0.2, 0.25) is 0 Å². The number of carbonyl (C=O) groups excluding carboxylic acids is 1. The van der Waals surface area contributed by atoms with E-state index in [1.165, 1.54) is 0 Å². The van der Waals surface area contributed by atoms with E-state index in [0.717, 1.165) is 53.7 Å². The van der Waals surface area contributed by atoms with Crippen LogP contribution in [-0.2, 0) is 27.9 Å². The maximum Gasteiger partial charge on any atom is 0.325 e. The van der Waals surface area contributed by atoms with Crippen LogP contribution >= 0.6 is 0 Å². The molecule has 1 aliphatic carbocycles. The van der Waals surface area contributed by atoms with Crippen molar-refractivity contribution in [1.29, 1.82) is 0 Å². The number of imidazole rings is 1. The largest absolute Gasteiger partial charge is 0.461 e. The van der Waals surface area contributed by atoms with E-state index in [-0.39, 0.29) is 24.2 Å². The van der Waals surface area contributed by atoms with Crippen LogP contribution in [0.3, 0.4) is 0 Å². The van der Waals surface area contributed by atoms with E-state index in [1.54, 1.807) is 20.2 Å². The summed E-state index contributed by atoms with van der Waals surface area (Å²) in [5.74, 6) is 0.523. The summed E-state index contributed by atoms with van der Waals surface area (Å²) >= 11 is 0. The monoisotopic (exact) mass is 438 g/mol. The number of aryl methyl sites for hydroxylation is 2. The molecule has 2 aromatic heterocycles. The number of aromatic amines is 1. The number of rotatable bonds is 8. The molecule has 2 N–H and O–H groups in total. The number of nitrogens with one attached hydrogen (secondary N) is 2. The van der Waals surface area contributed by atoms with E-state index in [1.807, 2.05) is 35.9 Å². The van der Waals surface area contributed by atoms with E-state index in [9.17, 15) is 9.59 Å². The minimum absolute atomic E-state index is 0.0310. The van der Waals surface area contributed by atoms with E-state index >= 15 is 0 Å². The van der Waals surface area contributed by atoms with Crippen molar-refractivity contribution in [2.45, 2.75) is 51.3 Å². The molecular formula is C24H30N4O4. The molecule has 1 aromatic carbocycles. The molecule has 0 aliphatic heterocycles. The highest BCUT2D eigenvalue weighted by atomic mass is 16.5. The highest BCUT2D eigenvalue weighted by molar-refractivity contribution is 5.81. The molecule has 1 saturated carbocycles. The molecule has 8 heteroatoms. The van der Waals surface area contributed by atoms with Gasteiger partial charge < -0.3 is 19.0 Å². The molecule has 0 unspecified atom stereocenters. The Bertz CT molecular complexity index is 1160. The van der Waals surface area contributed by atoms with Crippen LogP contribution in [0.4, 0.5) is 0 Å². The lowest BCUT2D eigenvalue weighted by Crippen LogP contribution is -2.42. The van der Waals surface area contributed by atoms with Gasteiger partial charge in [-0.25, -0.2) is 4.98 Å². The van der Waals surface area contributed by atoms with Gasteiger partial charge in [0.2, 0.25) is 0 Å². The second kappa shape index (κ2) is 9.67. The summed E-state index contributed by atoms with van der Waals surface area (Å²) in [5, 5.41) is 3.27. The third-order valence-electron chi connectivity index (χ3n) is 6.05. The first kappa shape index (κ1) is 22.2. The van der Waals surface area contributed by atoms with Crippen LogP contribution in [0.1, 0.15) is 36.8 Å². The number of methoxy groups -OCH3 is 1. The van der Waals surface area contributed by atoms with Crippen molar-refractivity contribution in [1.82, 2.24) is 19.9 Å². The average molecular weight is 439 g/mol. The Hall–Kier alpha value is -2.97. The van der Waals surface area contributed by atoms with Gasteiger partial charge in [0.05, 0.1) is 17.6 Å². The van der Waals surface area contributed by atoms with Gasteiger partial charge in [-0.3, -0.25) is 14.9 Å². The number of esters is 1. The van der Waals surface area contributed by atoms with Crippen molar-refractivity contribution >= 4 is 17.0 Å². The van der Waals surface area contributed by atoms with Crippen LogP contribution in [0.25, 0.3) is 22.4 Å². The summed E-state index contributed by atoms with van der Waals surface area (Å²) in [7, 11) is 3.54. The van der Waals surface area contributed by atoms with Gasteiger partial charge in [-0.2, -0.15) is 0 Å². The normalized spacial score (nSPS) is 15.3. The van der Waals surface area contributed by atoms with E-state index in [4.69, 9.17) is 14.5 Å². The molecule has 0 bridgehead atoms. The average Bonchev–Trinajstić information content (AvgIpc) is 3.40. The smallest absolute Gasteiger partial charge is 0.325 e. The zero-order valence-electron chi connectivity index (χ0n) is 18.8. The van der Waals surface area contributed by atoms with Gasteiger partial charge in [0.25, 0.3) is 5.56 Å². The highest BCUT2D eigenvalue weighted by Gasteiger charge is 2.25. The lowest BCUT2D eigenvalue weighted by Gasteiger charge is -2.19. The Morgan fingerprint density at radius 1 is 1.31 bits per heavy atom. The fourth-order valence-electron chi connectivity index (χ4n) is 4.21. The first-order valence-electron chi connectivity index (χ1n) is 11.0. The first-order chi connectivity index (χ1) is 15.5. The van der Waals surface area contributed by atoms with Crippen LogP contribution < -0.4 is 10.9 Å². The fraction of sp³-hybridized carbons (Fsp3) is 0.458. The quantitative estimate of drug-likeness (QED) is 0.525. The highest BCUT2D eigenvalue weighted by Crippen LogP contribution is 2.24. The van der Waals surface area contributed by atoms with Crippen molar-refractivity contribution in [2.75, 3.05) is 13.7 Å². The third kappa shape index (κ3) is 4.76. The van der Waals surface area contributed by atoms with Crippen molar-refractivity contribution < 1.29 is 14.3 Å². The summed E-state index contributed by atoms with van der Waals surface area (Å²) in [5.41, 5.74) is 4.25. The Balaban J connectivity index is 1.49. The van der Waals surface area contributed by atoms with Gasteiger partial charge >= 0.3 is 5.97 Å². The van der Waals surface area contributed by atoms with E-state index in [0.29, 0.717) is 12.1 Å². The second-order valence-corrected chi connectivity index (χ2v) is 8.45. The van der Waals surface area contributed by atoms with Crippen molar-refractivity contribution in [3.8, 4) is 11.4 Å². The molecule has 1 atom stereocenters. The van der Waals surface area contributed by atoms with Gasteiger partial charge in [0.1, 0.15) is 18.0 Å². The van der Waals surface area contributed by atoms with Crippen molar-refractivity contribution in [3.05, 3.63) is 51.9 Å². The first-order valence-corrected chi connectivity index (χ1v) is 11.0. The third-order valence-corrected chi connectivity index (χ3v) is 6.05. The molecule has 0 spiro atoms. The molecule has 3 aromatic rings. The molecule has 4 rings (SSSR count). The van der Waals surface area contributed by atoms with Crippen LogP contribution in [0.15, 0.2) is 35.3 Å². The zero-order chi connectivity index (χ0) is 22.7.